The quantitative estimate of drug-likeness (QED) is 0.378. The van der Waals surface area contributed by atoms with Crippen molar-refractivity contribution >= 4 is 35.1 Å². The topological polar surface area (TPSA) is 101 Å². The molecule has 0 saturated heterocycles. The highest BCUT2D eigenvalue weighted by molar-refractivity contribution is 6.31. The van der Waals surface area contributed by atoms with Gasteiger partial charge in [-0.2, -0.15) is 0 Å². The monoisotopic (exact) mass is 541 g/mol. The molecule has 1 saturated carbocycles. The summed E-state index contributed by atoms with van der Waals surface area (Å²) in [5.74, 6) is -1.37. The number of amides is 1. The van der Waals surface area contributed by atoms with E-state index in [2.05, 4.69) is 15.3 Å². The van der Waals surface area contributed by atoms with Crippen molar-refractivity contribution in [2.45, 2.75) is 64.2 Å². The predicted molar refractivity (Wildman–Crippen MR) is 144 cm³/mol. The van der Waals surface area contributed by atoms with Gasteiger partial charge in [-0.3, -0.25) is 4.79 Å². The second kappa shape index (κ2) is 11.2. The molecule has 0 spiro atoms. The lowest BCUT2D eigenvalue weighted by Gasteiger charge is -2.28. The molecule has 194 valence electrons. The largest absolute Gasteiger partial charge is 0.455 e. The van der Waals surface area contributed by atoms with Gasteiger partial charge in [-0.1, -0.05) is 60.3 Å². The van der Waals surface area contributed by atoms with E-state index < -0.39 is 29.6 Å². The molecule has 4 rings (SSSR count). The number of nitrogens with zero attached hydrogens (tertiary/aromatic N) is 2. The molecule has 7 nitrogen and oxygen atoms in total. The molecule has 0 bridgehead atoms. The average molecular weight is 542 g/mol. The molecule has 9 heteroatoms. The van der Waals surface area contributed by atoms with Gasteiger partial charge in [0.25, 0.3) is 5.91 Å². The van der Waals surface area contributed by atoms with Crippen LogP contribution in [0.5, 0.6) is 0 Å². The van der Waals surface area contributed by atoms with Crippen LogP contribution in [0.1, 0.15) is 67.4 Å². The van der Waals surface area contributed by atoms with Crippen LogP contribution in [0, 0.1) is 0 Å². The highest BCUT2D eigenvalue weighted by Gasteiger charge is 2.31. The van der Waals surface area contributed by atoms with Crippen LogP contribution in [0.4, 0.5) is 0 Å². The van der Waals surface area contributed by atoms with Crippen molar-refractivity contribution in [1.82, 2.24) is 15.3 Å². The zero-order valence-electron chi connectivity index (χ0n) is 20.9. The molecule has 1 aliphatic carbocycles. The molecule has 3 aromatic rings. The molecule has 2 unspecified atom stereocenters. The summed E-state index contributed by atoms with van der Waals surface area (Å²) >= 11 is 12.2. The molecule has 1 aliphatic rings. The Bertz CT molecular complexity index is 1290. The predicted octanol–water partition coefficient (Wildman–Crippen LogP) is 6.11. The minimum Gasteiger partial charge on any atom is -0.455 e. The van der Waals surface area contributed by atoms with E-state index in [0.29, 0.717) is 45.4 Å². The van der Waals surface area contributed by atoms with E-state index in [9.17, 15) is 14.7 Å². The molecule has 1 aromatic heterocycles. The van der Waals surface area contributed by atoms with E-state index in [-0.39, 0.29) is 11.4 Å². The third-order valence-corrected chi connectivity index (χ3v) is 6.49. The Balaban J connectivity index is 1.89. The Kier molecular flexibility index (Phi) is 8.17. The van der Waals surface area contributed by atoms with Crippen molar-refractivity contribution in [3.8, 4) is 22.5 Å². The molecule has 0 aliphatic heterocycles. The standard InChI is InChI=1S/C28H29Cl2N3O4/c1-28(2,3)37-27(36)25-24(26(35)31-20-6-4-5-7-21(20)34)32-22(16-8-12-18(29)13-9-16)23(33-25)17-10-14-19(30)15-11-17/h8-15,20-21,34H,4-7H2,1-3H3,(H,31,35). The second-order valence-electron chi connectivity index (χ2n) is 10.1. The number of rotatable bonds is 5. The third kappa shape index (κ3) is 6.66. The van der Waals surface area contributed by atoms with Crippen molar-refractivity contribution in [2.75, 3.05) is 0 Å². The summed E-state index contributed by atoms with van der Waals surface area (Å²) in [4.78, 5) is 36.1. The van der Waals surface area contributed by atoms with Crippen molar-refractivity contribution in [3.05, 3.63) is 70.0 Å². The van der Waals surface area contributed by atoms with Crippen molar-refractivity contribution < 1.29 is 19.4 Å². The van der Waals surface area contributed by atoms with Gasteiger partial charge in [-0.25, -0.2) is 14.8 Å². The molecule has 1 amide bonds. The van der Waals surface area contributed by atoms with Crippen LogP contribution < -0.4 is 5.32 Å². The van der Waals surface area contributed by atoms with Gasteiger partial charge in [-0.15, -0.1) is 0 Å². The maximum Gasteiger partial charge on any atom is 0.359 e. The van der Waals surface area contributed by atoms with Crippen LogP contribution in [-0.4, -0.2) is 44.7 Å². The number of aliphatic hydroxyl groups excluding tert-OH is 1. The lowest BCUT2D eigenvalue weighted by molar-refractivity contribution is 0.00600. The summed E-state index contributed by atoms with van der Waals surface area (Å²) in [5, 5.41) is 14.3. The number of carbonyl (C=O) groups excluding carboxylic acids is 2. The third-order valence-electron chi connectivity index (χ3n) is 5.98. The molecule has 2 aromatic carbocycles. The van der Waals surface area contributed by atoms with Crippen molar-refractivity contribution in [2.24, 2.45) is 0 Å². The van der Waals surface area contributed by atoms with Crippen LogP contribution >= 0.6 is 23.2 Å². The fraction of sp³-hybridized carbons (Fsp3) is 0.357. The molecule has 37 heavy (non-hydrogen) atoms. The number of hydrogen-bond donors (Lipinski definition) is 2. The summed E-state index contributed by atoms with van der Waals surface area (Å²) in [6, 6.07) is 13.5. The van der Waals surface area contributed by atoms with Crippen LogP contribution in [0.3, 0.4) is 0 Å². The Morgan fingerprint density at radius 1 is 0.865 bits per heavy atom. The highest BCUT2D eigenvalue weighted by Crippen LogP contribution is 2.32. The van der Waals surface area contributed by atoms with Gasteiger partial charge >= 0.3 is 5.97 Å². The highest BCUT2D eigenvalue weighted by atomic mass is 35.5. The molecular weight excluding hydrogens is 513 g/mol. The number of carbonyl (C=O) groups is 2. The zero-order valence-corrected chi connectivity index (χ0v) is 22.4. The van der Waals surface area contributed by atoms with Crippen LogP contribution in [0.15, 0.2) is 48.5 Å². The number of ether oxygens (including phenoxy) is 1. The smallest absolute Gasteiger partial charge is 0.359 e. The lowest BCUT2D eigenvalue weighted by Crippen LogP contribution is -2.45. The van der Waals surface area contributed by atoms with Gasteiger partial charge in [0.15, 0.2) is 11.4 Å². The number of nitrogens with one attached hydrogen (secondary N) is 1. The molecule has 0 radical (unpaired) electrons. The maximum absolute atomic E-state index is 13.5. The van der Waals surface area contributed by atoms with Gasteiger partial charge < -0.3 is 15.2 Å². The molecule has 2 atom stereocenters. The SMILES string of the molecule is CC(C)(C)OC(=O)c1nc(-c2ccc(Cl)cc2)c(-c2ccc(Cl)cc2)nc1C(=O)NC1CCCCC1O. The number of halogens is 2. The van der Waals surface area contributed by atoms with Gasteiger partial charge in [-0.05, 0) is 57.9 Å². The van der Waals surface area contributed by atoms with Crippen molar-refractivity contribution in [1.29, 1.82) is 0 Å². The van der Waals surface area contributed by atoms with Crippen LogP contribution in [0.25, 0.3) is 22.5 Å². The van der Waals surface area contributed by atoms with Gasteiger partial charge in [0.05, 0.1) is 23.5 Å². The van der Waals surface area contributed by atoms with Gasteiger partial charge in [0.2, 0.25) is 0 Å². The fourth-order valence-electron chi connectivity index (χ4n) is 4.20. The second-order valence-corrected chi connectivity index (χ2v) is 10.9. The first-order valence-electron chi connectivity index (χ1n) is 12.2. The first kappa shape index (κ1) is 27.0. The summed E-state index contributed by atoms with van der Waals surface area (Å²) in [6.07, 6.45) is 2.35. The number of benzene rings is 2. The Morgan fingerprint density at radius 3 is 1.84 bits per heavy atom. The fourth-order valence-corrected chi connectivity index (χ4v) is 4.45. The first-order valence-corrected chi connectivity index (χ1v) is 12.9. The van der Waals surface area contributed by atoms with Crippen LogP contribution in [-0.2, 0) is 4.74 Å². The average Bonchev–Trinajstić information content (AvgIpc) is 2.84. The number of hydrogen-bond acceptors (Lipinski definition) is 6. The summed E-state index contributed by atoms with van der Waals surface area (Å²) in [7, 11) is 0. The van der Waals surface area contributed by atoms with E-state index in [0.717, 1.165) is 12.8 Å². The summed E-state index contributed by atoms with van der Waals surface area (Å²) in [6.45, 7) is 5.20. The van der Waals surface area contributed by atoms with Crippen LogP contribution in [0.2, 0.25) is 10.0 Å². The number of aromatic nitrogens is 2. The van der Waals surface area contributed by atoms with E-state index in [1.54, 1.807) is 69.3 Å². The summed E-state index contributed by atoms with van der Waals surface area (Å²) in [5.41, 5.74) is 0.886. The number of esters is 1. The molecular formula is C28H29Cl2N3O4. The molecule has 1 heterocycles. The normalized spacial score (nSPS) is 17.8. The van der Waals surface area contributed by atoms with Gasteiger partial charge in [0.1, 0.15) is 5.60 Å². The Labute approximate surface area is 226 Å². The summed E-state index contributed by atoms with van der Waals surface area (Å²) < 4.78 is 5.59. The van der Waals surface area contributed by atoms with E-state index in [4.69, 9.17) is 27.9 Å². The van der Waals surface area contributed by atoms with E-state index in [1.807, 2.05) is 0 Å². The van der Waals surface area contributed by atoms with Crippen molar-refractivity contribution in [3.63, 3.8) is 0 Å². The number of aliphatic hydroxyl groups is 1. The molecule has 2 N–H and O–H groups in total. The maximum atomic E-state index is 13.5. The Morgan fingerprint density at radius 2 is 1.35 bits per heavy atom. The lowest BCUT2D eigenvalue weighted by atomic mass is 9.92. The molecule has 1 fully saturated rings. The van der Waals surface area contributed by atoms with E-state index in [1.165, 1.54) is 0 Å². The van der Waals surface area contributed by atoms with E-state index >= 15 is 0 Å². The first-order chi connectivity index (χ1) is 17.5. The minimum absolute atomic E-state index is 0.172. The van der Waals surface area contributed by atoms with Gasteiger partial charge in [0, 0.05) is 21.2 Å². The Hall–Kier alpha value is -3.00. The zero-order chi connectivity index (χ0) is 26.7. The minimum atomic E-state index is -0.818.